The molecule has 0 saturated heterocycles. The average Bonchev–Trinajstić information content (AvgIpc) is 2.52. The Kier molecular flexibility index (Phi) is 4.11. The third-order valence-corrected chi connectivity index (χ3v) is 3.83. The smallest absolute Gasteiger partial charge is 0.159 e. The molecule has 2 aromatic carbocycles. The van der Waals surface area contributed by atoms with Gasteiger partial charge in [-0.1, -0.05) is 72.8 Å². The number of rotatable bonds is 2. The lowest BCUT2D eigenvalue weighted by Crippen LogP contribution is -2.03. The molecule has 1 nitrogen and oxygen atoms in total. The number of carbonyl (C=O) groups excluding carboxylic acids is 1. The summed E-state index contributed by atoms with van der Waals surface area (Å²) in [5.41, 5.74) is 3.56. The van der Waals surface area contributed by atoms with Crippen molar-refractivity contribution in [1.82, 2.24) is 0 Å². The molecule has 0 heterocycles. The quantitative estimate of drug-likeness (QED) is 0.721. The summed E-state index contributed by atoms with van der Waals surface area (Å²) in [6.07, 6.45) is 7.33. The van der Waals surface area contributed by atoms with E-state index < -0.39 is 0 Å². The van der Waals surface area contributed by atoms with Crippen molar-refractivity contribution in [3.63, 3.8) is 0 Å². The molecule has 1 aliphatic rings. The monoisotopic (exact) mass is 274 g/mol. The number of carbonyl (C=O) groups is 1. The first-order chi connectivity index (χ1) is 10.3. The van der Waals surface area contributed by atoms with Crippen molar-refractivity contribution in [2.45, 2.75) is 18.8 Å². The van der Waals surface area contributed by atoms with E-state index in [-0.39, 0.29) is 5.78 Å². The first-order valence-electron chi connectivity index (χ1n) is 7.33. The second-order valence-corrected chi connectivity index (χ2v) is 5.36. The van der Waals surface area contributed by atoms with Gasteiger partial charge in [-0.2, -0.15) is 0 Å². The van der Waals surface area contributed by atoms with E-state index in [2.05, 4.69) is 42.5 Å². The van der Waals surface area contributed by atoms with Crippen LogP contribution >= 0.6 is 0 Å². The summed E-state index contributed by atoms with van der Waals surface area (Å²) in [5, 5.41) is 0. The molecule has 1 heteroatoms. The van der Waals surface area contributed by atoms with Gasteiger partial charge in [-0.25, -0.2) is 0 Å². The summed E-state index contributed by atoms with van der Waals surface area (Å²) in [6.45, 7) is 0. The Balaban J connectivity index is 1.95. The fourth-order valence-electron chi connectivity index (χ4n) is 2.75. The zero-order valence-corrected chi connectivity index (χ0v) is 11.9. The van der Waals surface area contributed by atoms with Gasteiger partial charge >= 0.3 is 0 Å². The van der Waals surface area contributed by atoms with Gasteiger partial charge in [-0.05, 0) is 29.2 Å². The van der Waals surface area contributed by atoms with Crippen LogP contribution in [0.15, 0.2) is 78.9 Å². The van der Waals surface area contributed by atoms with E-state index in [1.807, 2.05) is 36.4 Å². The summed E-state index contributed by atoms with van der Waals surface area (Å²) in [7, 11) is 0. The molecule has 0 fully saturated rings. The zero-order chi connectivity index (χ0) is 14.5. The van der Waals surface area contributed by atoms with Crippen LogP contribution in [0.5, 0.6) is 0 Å². The van der Waals surface area contributed by atoms with Crippen molar-refractivity contribution >= 4 is 11.4 Å². The summed E-state index contributed by atoms with van der Waals surface area (Å²) < 4.78 is 0. The van der Waals surface area contributed by atoms with Gasteiger partial charge in [0.2, 0.25) is 0 Å². The minimum Gasteiger partial charge on any atom is -0.295 e. The lowest BCUT2D eigenvalue weighted by Gasteiger charge is -2.18. The average molecular weight is 274 g/mol. The molecule has 0 spiro atoms. The van der Waals surface area contributed by atoms with E-state index in [0.717, 1.165) is 17.6 Å². The van der Waals surface area contributed by atoms with Crippen molar-refractivity contribution in [2.75, 3.05) is 0 Å². The van der Waals surface area contributed by atoms with Gasteiger partial charge in [0.1, 0.15) is 0 Å². The van der Waals surface area contributed by atoms with E-state index in [0.29, 0.717) is 12.3 Å². The van der Waals surface area contributed by atoms with E-state index >= 15 is 0 Å². The molecule has 0 N–H and O–H groups in total. The highest BCUT2D eigenvalue weighted by atomic mass is 16.1. The first kappa shape index (κ1) is 13.6. The van der Waals surface area contributed by atoms with E-state index in [1.165, 1.54) is 5.56 Å². The van der Waals surface area contributed by atoms with Gasteiger partial charge in [-0.3, -0.25) is 4.79 Å². The van der Waals surface area contributed by atoms with E-state index in [4.69, 9.17) is 0 Å². The van der Waals surface area contributed by atoms with Gasteiger partial charge in [0.05, 0.1) is 0 Å². The molecule has 0 aromatic heterocycles. The molecule has 1 aliphatic carbocycles. The topological polar surface area (TPSA) is 17.1 Å². The second-order valence-electron chi connectivity index (χ2n) is 5.36. The second kappa shape index (κ2) is 6.36. The highest BCUT2D eigenvalue weighted by Crippen LogP contribution is 2.31. The Hall–Kier alpha value is -2.41. The maximum Gasteiger partial charge on any atom is 0.159 e. The van der Waals surface area contributed by atoms with Crippen LogP contribution in [-0.4, -0.2) is 5.78 Å². The molecule has 0 amide bonds. The third kappa shape index (κ3) is 3.38. The molecule has 1 unspecified atom stereocenters. The standard InChI is InChI=1S/C20H18O/c21-20-13-7-12-18(16-8-3-1-4-9-16)14-19(15-20)17-10-5-2-6-11-17/h1-12,15,18H,13-14H2/b12-7-,19-15+. The Morgan fingerprint density at radius 3 is 2.24 bits per heavy atom. The lowest BCUT2D eigenvalue weighted by atomic mass is 9.86. The predicted octanol–water partition coefficient (Wildman–Crippen LogP) is 4.77. The van der Waals surface area contributed by atoms with Crippen LogP contribution in [0.3, 0.4) is 0 Å². The minimum absolute atomic E-state index is 0.177. The largest absolute Gasteiger partial charge is 0.295 e. The molecule has 2 aromatic rings. The van der Waals surface area contributed by atoms with Crippen LogP contribution < -0.4 is 0 Å². The van der Waals surface area contributed by atoms with Gasteiger partial charge in [-0.15, -0.1) is 0 Å². The highest BCUT2D eigenvalue weighted by molar-refractivity contribution is 5.98. The summed E-state index contributed by atoms with van der Waals surface area (Å²) in [5.74, 6) is 0.502. The van der Waals surface area contributed by atoms with Crippen LogP contribution in [0.2, 0.25) is 0 Å². The predicted molar refractivity (Wildman–Crippen MR) is 87.0 cm³/mol. The molecular formula is C20H18O. The Labute approximate surface area is 125 Å². The van der Waals surface area contributed by atoms with Crippen molar-refractivity contribution < 1.29 is 4.79 Å². The minimum atomic E-state index is 0.177. The number of benzene rings is 2. The molecule has 21 heavy (non-hydrogen) atoms. The van der Waals surface area contributed by atoms with Gasteiger partial charge in [0, 0.05) is 12.3 Å². The fourth-order valence-corrected chi connectivity index (χ4v) is 2.75. The van der Waals surface area contributed by atoms with Crippen molar-refractivity contribution in [3.8, 4) is 0 Å². The Bertz CT molecular complexity index is 665. The molecule has 0 radical (unpaired) electrons. The zero-order valence-electron chi connectivity index (χ0n) is 11.9. The highest BCUT2D eigenvalue weighted by Gasteiger charge is 2.15. The molecule has 1 atom stereocenters. The summed E-state index contributed by atoms with van der Waals surface area (Å²) in [4.78, 5) is 11.9. The van der Waals surface area contributed by atoms with Gasteiger partial charge in [0.15, 0.2) is 5.78 Å². The number of hydrogen-bond donors (Lipinski definition) is 0. The number of allylic oxidation sites excluding steroid dienone is 4. The van der Waals surface area contributed by atoms with Crippen molar-refractivity contribution in [1.29, 1.82) is 0 Å². The van der Waals surface area contributed by atoms with Crippen LogP contribution in [0, 0.1) is 0 Å². The number of hydrogen-bond acceptors (Lipinski definition) is 1. The maximum atomic E-state index is 11.9. The SMILES string of the molecule is O=C1/C=C(/c2ccccc2)CC(c2ccccc2)/C=C\C1. The Morgan fingerprint density at radius 2 is 1.52 bits per heavy atom. The van der Waals surface area contributed by atoms with E-state index in [9.17, 15) is 4.79 Å². The van der Waals surface area contributed by atoms with Crippen molar-refractivity contribution in [3.05, 3.63) is 90.0 Å². The Morgan fingerprint density at radius 1 is 0.857 bits per heavy atom. The van der Waals surface area contributed by atoms with Crippen molar-refractivity contribution in [2.24, 2.45) is 0 Å². The van der Waals surface area contributed by atoms with E-state index in [1.54, 1.807) is 0 Å². The maximum absolute atomic E-state index is 11.9. The first-order valence-corrected chi connectivity index (χ1v) is 7.33. The van der Waals surface area contributed by atoms with Crippen LogP contribution in [0.4, 0.5) is 0 Å². The summed E-state index contributed by atoms with van der Waals surface area (Å²) in [6, 6.07) is 20.7. The molecular weight excluding hydrogens is 256 g/mol. The van der Waals surface area contributed by atoms with Crippen LogP contribution in [-0.2, 0) is 4.79 Å². The molecule has 0 saturated carbocycles. The third-order valence-electron chi connectivity index (χ3n) is 3.83. The molecule has 104 valence electrons. The van der Waals surface area contributed by atoms with Gasteiger partial charge in [0.25, 0.3) is 0 Å². The van der Waals surface area contributed by atoms with Crippen LogP contribution in [0.25, 0.3) is 5.57 Å². The normalized spacial score (nSPS) is 22.8. The summed E-state index contributed by atoms with van der Waals surface area (Å²) >= 11 is 0. The molecule has 3 rings (SSSR count). The van der Waals surface area contributed by atoms with Crippen LogP contribution in [0.1, 0.15) is 29.9 Å². The van der Waals surface area contributed by atoms with Gasteiger partial charge < -0.3 is 0 Å². The molecule has 0 bridgehead atoms. The fraction of sp³-hybridized carbons (Fsp3) is 0.150. The number of ketones is 1. The lowest BCUT2D eigenvalue weighted by molar-refractivity contribution is -0.113. The molecule has 0 aliphatic heterocycles.